The van der Waals surface area contributed by atoms with Crippen LogP contribution in [-0.2, 0) is 9.59 Å². The first-order chi connectivity index (χ1) is 9.50. The molecule has 2 amide bonds. The molecule has 3 nitrogen and oxygen atoms in total. The first-order valence-corrected chi connectivity index (χ1v) is 8.37. The van der Waals surface area contributed by atoms with Crippen LogP contribution in [0.2, 0.25) is 0 Å². The topological polar surface area (TPSA) is 37.4 Å². The van der Waals surface area contributed by atoms with Gasteiger partial charge >= 0.3 is 0 Å². The van der Waals surface area contributed by atoms with Gasteiger partial charge < -0.3 is 0 Å². The van der Waals surface area contributed by atoms with Crippen LogP contribution in [0.3, 0.4) is 0 Å². The number of amides is 2. The molecule has 20 heavy (non-hydrogen) atoms. The fourth-order valence-corrected chi connectivity index (χ4v) is 4.88. The van der Waals surface area contributed by atoms with Crippen molar-refractivity contribution in [2.45, 2.75) is 65.3 Å². The summed E-state index contributed by atoms with van der Waals surface area (Å²) in [7, 11) is 0. The molecule has 0 spiro atoms. The minimum absolute atomic E-state index is 0.0000246. The van der Waals surface area contributed by atoms with E-state index in [4.69, 9.17) is 0 Å². The summed E-state index contributed by atoms with van der Waals surface area (Å²) in [6.07, 6.45) is 6.47. The van der Waals surface area contributed by atoms with E-state index in [0.717, 1.165) is 32.1 Å². The lowest BCUT2D eigenvalue weighted by atomic mass is 9.76. The molecule has 0 aromatic heterocycles. The highest BCUT2D eigenvalue weighted by Crippen LogP contribution is 2.44. The molecule has 2 aliphatic carbocycles. The van der Waals surface area contributed by atoms with Crippen molar-refractivity contribution in [2.24, 2.45) is 29.6 Å². The minimum Gasteiger partial charge on any atom is -0.278 e. The summed E-state index contributed by atoms with van der Waals surface area (Å²) in [5.74, 6) is 1.81. The molecule has 3 rings (SSSR count). The van der Waals surface area contributed by atoms with E-state index >= 15 is 0 Å². The zero-order valence-corrected chi connectivity index (χ0v) is 13.0. The Balaban J connectivity index is 1.86. The molecule has 0 radical (unpaired) electrons. The lowest BCUT2D eigenvalue weighted by Crippen LogP contribution is -2.49. The first-order valence-electron chi connectivity index (χ1n) is 8.37. The van der Waals surface area contributed by atoms with Gasteiger partial charge in [-0.15, -0.1) is 0 Å². The standard InChI is InChI=1S/C17H27NO2/c1-10-7-8-13-14(9-10)17(20)18(16(13)19)15-11(2)5-4-6-12(15)3/h10-15H,4-9H2,1-3H3. The zero-order chi connectivity index (χ0) is 14.4. The van der Waals surface area contributed by atoms with Crippen LogP contribution in [0, 0.1) is 29.6 Å². The van der Waals surface area contributed by atoms with Gasteiger partial charge in [-0.1, -0.05) is 27.2 Å². The van der Waals surface area contributed by atoms with Crippen molar-refractivity contribution >= 4 is 11.8 Å². The molecule has 1 heterocycles. The van der Waals surface area contributed by atoms with Crippen LogP contribution >= 0.6 is 0 Å². The van der Waals surface area contributed by atoms with Crippen LogP contribution < -0.4 is 0 Å². The van der Waals surface area contributed by atoms with Crippen molar-refractivity contribution in [1.82, 2.24) is 4.90 Å². The second-order valence-corrected chi connectivity index (χ2v) is 7.55. The Morgan fingerprint density at radius 3 is 2.10 bits per heavy atom. The van der Waals surface area contributed by atoms with E-state index in [2.05, 4.69) is 20.8 Å². The lowest BCUT2D eigenvalue weighted by molar-refractivity contribution is -0.146. The fraction of sp³-hybridized carbons (Fsp3) is 0.882. The van der Waals surface area contributed by atoms with E-state index in [9.17, 15) is 9.59 Å². The Kier molecular flexibility index (Phi) is 3.64. The van der Waals surface area contributed by atoms with Gasteiger partial charge in [0.25, 0.3) is 0 Å². The van der Waals surface area contributed by atoms with Gasteiger partial charge in [0.1, 0.15) is 0 Å². The molecule has 3 fully saturated rings. The highest BCUT2D eigenvalue weighted by atomic mass is 16.2. The van der Waals surface area contributed by atoms with Gasteiger partial charge in [-0.05, 0) is 49.9 Å². The van der Waals surface area contributed by atoms with Crippen LogP contribution in [0.1, 0.15) is 59.3 Å². The Bertz CT molecular complexity index is 409. The fourth-order valence-electron chi connectivity index (χ4n) is 4.88. The summed E-state index contributed by atoms with van der Waals surface area (Å²) in [4.78, 5) is 27.3. The summed E-state index contributed by atoms with van der Waals surface area (Å²) in [5, 5.41) is 0. The summed E-state index contributed by atoms with van der Waals surface area (Å²) in [6.45, 7) is 6.64. The number of imide groups is 1. The number of carbonyl (C=O) groups is 2. The van der Waals surface area contributed by atoms with Crippen molar-refractivity contribution < 1.29 is 9.59 Å². The number of carbonyl (C=O) groups excluding carboxylic acids is 2. The van der Waals surface area contributed by atoms with E-state index in [1.807, 2.05) is 0 Å². The molecule has 1 aliphatic heterocycles. The predicted molar refractivity (Wildman–Crippen MR) is 77.8 cm³/mol. The van der Waals surface area contributed by atoms with Crippen LogP contribution in [-0.4, -0.2) is 22.8 Å². The molecule has 3 aliphatic rings. The molecular formula is C17H27NO2. The summed E-state index contributed by atoms with van der Waals surface area (Å²) >= 11 is 0. The van der Waals surface area contributed by atoms with Gasteiger partial charge in [-0.3, -0.25) is 14.5 Å². The van der Waals surface area contributed by atoms with Gasteiger partial charge in [-0.25, -0.2) is 0 Å². The largest absolute Gasteiger partial charge is 0.278 e. The molecule has 0 N–H and O–H groups in total. The molecular weight excluding hydrogens is 250 g/mol. The average molecular weight is 277 g/mol. The zero-order valence-electron chi connectivity index (χ0n) is 13.0. The molecule has 5 atom stereocenters. The Morgan fingerprint density at radius 2 is 1.45 bits per heavy atom. The number of fused-ring (bicyclic) bond motifs is 1. The smallest absolute Gasteiger partial charge is 0.233 e. The van der Waals surface area contributed by atoms with Crippen LogP contribution in [0.4, 0.5) is 0 Å². The highest BCUT2D eigenvalue weighted by molar-refractivity contribution is 6.05. The van der Waals surface area contributed by atoms with E-state index in [-0.39, 0.29) is 29.7 Å². The Labute approximate surface area is 122 Å². The van der Waals surface area contributed by atoms with Crippen LogP contribution in [0.15, 0.2) is 0 Å². The number of likely N-dealkylation sites (tertiary alicyclic amines) is 1. The van der Waals surface area contributed by atoms with Crippen LogP contribution in [0.25, 0.3) is 0 Å². The van der Waals surface area contributed by atoms with Crippen molar-refractivity contribution in [1.29, 1.82) is 0 Å². The van der Waals surface area contributed by atoms with Gasteiger partial charge in [0.2, 0.25) is 11.8 Å². The normalized spacial score (nSPS) is 45.6. The van der Waals surface area contributed by atoms with E-state index < -0.39 is 0 Å². The highest BCUT2D eigenvalue weighted by Gasteiger charge is 2.53. The molecule has 1 saturated heterocycles. The van der Waals surface area contributed by atoms with Crippen molar-refractivity contribution in [3.8, 4) is 0 Å². The summed E-state index contributed by atoms with van der Waals surface area (Å²) < 4.78 is 0. The molecule has 0 aromatic rings. The minimum atomic E-state index is -0.00687. The molecule has 3 heteroatoms. The molecule has 2 saturated carbocycles. The van der Waals surface area contributed by atoms with E-state index in [0.29, 0.717) is 17.8 Å². The third-order valence-electron chi connectivity index (χ3n) is 6.00. The molecule has 0 aromatic carbocycles. The maximum Gasteiger partial charge on any atom is 0.233 e. The van der Waals surface area contributed by atoms with Crippen LogP contribution in [0.5, 0.6) is 0 Å². The first kappa shape index (κ1) is 14.1. The van der Waals surface area contributed by atoms with E-state index in [1.54, 1.807) is 4.90 Å². The monoisotopic (exact) mass is 277 g/mol. The number of hydrogen-bond donors (Lipinski definition) is 0. The number of nitrogens with zero attached hydrogens (tertiary/aromatic N) is 1. The van der Waals surface area contributed by atoms with E-state index in [1.165, 1.54) is 6.42 Å². The third kappa shape index (κ3) is 2.10. The third-order valence-corrected chi connectivity index (χ3v) is 6.00. The lowest BCUT2D eigenvalue weighted by Gasteiger charge is -2.39. The number of hydrogen-bond acceptors (Lipinski definition) is 2. The summed E-state index contributed by atoms with van der Waals surface area (Å²) in [5.41, 5.74) is 0. The van der Waals surface area contributed by atoms with Gasteiger partial charge in [0.15, 0.2) is 0 Å². The quantitative estimate of drug-likeness (QED) is 0.690. The van der Waals surface area contributed by atoms with Gasteiger partial charge in [-0.2, -0.15) is 0 Å². The summed E-state index contributed by atoms with van der Waals surface area (Å²) in [6, 6.07) is 0.157. The maximum atomic E-state index is 12.8. The van der Waals surface area contributed by atoms with Gasteiger partial charge in [0.05, 0.1) is 11.8 Å². The Hall–Kier alpha value is -0.860. The van der Waals surface area contributed by atoms with Crippen molar-refractivity contribution in [3.05, 3.63) is 0 Å². The predicted octanol–water partition coefficient (Wildman–Crippen LogP) is 3.23. The molecule has 112 valence electrons. The average Bonchev–Trinajstić information content (AvgIpc) is 2.63. The maximum absolute atomic E-state index is 12.8. The number of rotatable bonds is 1. The van der Waals surface area contributed by atoms with Crippen molar-refractivity contribution in [3.63, 3.8) is 0 Å². The second-order valence-electron chi connectivity index (χ2n) is 7.55. The SMILES string of the molecule is CC1CCC2C(=O)N(C3C(C)CCCC3C)C(=O)C2C1. The second kappa shape index (κ2) is 5.16. The molecule has 5 unspecified atom stereocenters. The Morgan fingerprint density at radius 1 is 0.850 bits per heavy atom. The molecule has 0 bridgehead atoms. The van der Waals surface area contributed by atoms with Crippen molar-refractivity contribution in [2.75, 3.05) is 0 Å². The van der Waals surface area contributed by atoms with Gasteiger partial charge in [0, 0.05) is 6.04 Å².